The lowest BCUT2D eigenvalue weighted by Gasteiger charge is -2.18. The topological polar surface area (TPSA) is 78.9 Å². The Balaban J connectivity index is 4.11. The molecule has 452 valence electrons. The highest BCUT2D eigenvalue weighted by atomic mass is 16.6. The van der Waals surface area contributed by atoms with Crippen molar-refractivity contribution in [3.05, 3.63) is 109 Å². The van der Waals surface area contributed by atoms with Crippen LogP contribution >= 0.6 is 0 Å². The fourth-order valence-electron chi connectivity index (χ4n) is 9.35. The van der Waals surface area contributed by atoms with Crippen molar-refractivity contribution in [1.29, 1.82) is 0 Å². The SMILES string of the molecule is CC/C=C\C/C=C\C/C=C\C/C=C\C/C=C\C/C=C\CCCCCCCCCCCCCCCCCCC(=O)OCC(COC(=O)CCCCCCCCCCCCC)OC(=O)CCCCCCC/C=C\C/C=C\C/C=C\CC. The standard InChI is InChI=1S/C73H124O6/c1-4-7-10-13-16-19-22-24-26-27-28-29-30-31-32-33-34-35-36-37-38-39-40-41-42-43-44-45-47-48-51-54-57-60-63-66-72(75)78-69-70(68-77-71(74)65-62-59-56-53-50-21-18-15-12-9-6-3)79-73(76)67-64-61-58-55-52-49-46-25-23-20-17-14-11-8-5-2/h7-8,10-11,16-17,19-20,24-26,28-29,31-32,34-35,46,70H,4-6,9,12-15,18,21-23,27,30,33,36-45,47-69H2,1-3H3/b10-7-,11-8-,19-16-,20-17-,26-24-,29-28-,32-31-,35-34-,46-25-. The van der Waals surface area contributed by atoms with Gasteiger partial charge in [0.1, 0.15) is 13.2 Å². The Morgan fingerprint density at radius 2 is 0.494 bits per heavy atom. The van der Waals surface area contributed by atoms with Gasteiger partial charge in [0.25, 0.3) is 0 Å². The van der Waals surface area contributed by atoms with Crippen molar-refractivity contribution in [1.82, 2.24) is 0 Å². The minimum Gasteiger partial charge on any atom is -0.462 e. The highest BCUT2D eigenvalue weighted by Crippen LogP contribution is 2.17. The van der Waals surface area contributed by atoms with Crippen LogP contribution in [0.15, 0.2) is 109 Å². The zero-order chi connectivity index (χ0) is 57.1. The largest absolute Gasteiger partial charge is 0.462 e. The fraction of sp³-hybridized carbons (Fsp3) is 0.712. The molecule has 0 heterocycles. The Morgan fingerprint density at radius 3 is 0.772 bits per heavy atom. The molecule has 0 saturated carbocycles. The predicted octanol–water partition coefficient (Wildman–Crippen LogP) is 23.0. The average molecular weight is 1100 g/mol. The van der Waals surface area contributed by atoms with Crippen LogP contribution in [0, 0.1) is 0 Å². The molecule has 1 atom stereocenters. The van der Waals surface area contributed by atoms with Crippen LogP contribution in [0.2, 0.25) is 0 Å². The molecule has 6 nitrogen and oxygen atoms in total. The van der Waals surface area contributed by atoms with Crippen molar-refractivity contribution in [3.8, 4) is 0 Å². The normalized spacial score (nSPS) is 12.8. The van der Waals surface area contributed by atoms with Gasteiger partial charge in [-0.2, -0.15) is 0 Å². The van der Waals surface area contributed by atoms with Crippen LogP contribution in [0.5, 0.6) is 0 Å². The molecule has 1 unspecified atom stereocenters. The minimum absolute atomic E-state index is 0.0809. The van der Waals surface area contributed by atoms with Gasteiger partial charge in [0.2, 0.25) is 0 Å². The fourth-order valence-corrected chi connectivity index (χ4v) is 9.35. The number of hydrogen-bond donors (Lipinski definition) is 0. The van der Waals surface area contributed by atoms with Gasteiger partial charge in [-0.15, -0.1) is 0 Å². The second kappa shape index (κ2) is 66.6. The number of carbonyl (C=O) groups excluding carboxylic acids is 3. The van der Waals surface area contributed by atoms with E-state index in [4.69, 9.17) is 14.2 Å². The van der Waals surface area contributed by atoms with Crippen LogP contribution in [0.4, 0.5) is 0 Å². The second-order valence-corrected chi connectivity index (χ2v) is 22.0. The molecule has 0 aliphatic heterocycles. The zero-order valence-corrected chi connectivity index (χ0v) is 51.9. The van der Waals surface area contributed by atoms with Crippen molar-refractivity contribution in [2.45, 2.75) is 322 Å². The van der Waals surface area contributed by atoms with Crippen LogP contribution < -0.4 is 0 Å². The van der Waals surface area contributed by atoms with Gasteiger partial charge in [-0.3, -0.25) is 14.4 Å². The highest BCUT2D eigenvalue weighted by Gasteiger charge is 2.19. The molecule has 0 aromatic carbocycles. The van der Waals surface area contributed by atoms with E-state index in [9.17, 15) is 14.4 Å². The van der Waals surface area contributed by atoms with Crippen LogP contribution in [-0.4, -0.2) is 37.2 Å². The van der Waals surface area contributed by atoms with E-state index in [1.807, 2.05) is 0 Å². The molecule has 0 rings (SSSR count). The van der Waals surface area contributed by atoms with Crippen molar-refractivity contribution >= 4 is 17.9 Å². The maximum Gasteiger partial charge on any atom is 0.306 e. The summed E-state index contributed by atoms with van der Waals surface area (Å²) in [4.78, 5) is 38.2. The van der Waals surface area contributed by atoms with Gasteiger partial charge in [0.15, 0.2) is 6.10 Å². The number of allylic oxidation sites excluding steroid dienone is 18. The van der Waals surface area contributed by atoms with Gasteiger partial charge >= 0.3 is 17.9 Å². The molecular formula is C73H124O6. The van der Waals surface area contributed by atoms with E-state index in [1.54, 1.807) is 0 Å². The first kappa shape index (κ1) is 75.1. The first-order chi connectivity index (χ1) is 39.0. The number of carbonyl (C=O) groups is 3. The molecule has 0 aromatic heterocycles. The van der Waals surface area contributed by atoms with Crippen molar-refractivity contribution < 1.29 is 28.6 Å². The van der Waals surface area contributed by atoms with Crippen LogP contribution in [0.1, 0.15) is 316 Å². The minimum atomic E-state index is -0.784. The van der Waals surface area contributed by atoms with Gasteiger partial charge in [0.05, 0.1) is 0 Å². The summed E-state index contributed by atoms with van der Waals surface area (Å²) in [5.41, 5.74) is 0. The maximum absolute atomic E-state index is 12.9. The number of unbranched alkanes of at least 4 members (excludes halogenated alkanes) is 31. The Labute approximate surface area is 489 Å². The van der Waals surface area contributed by atoms with E-state index >= 15 is 0 Å². The number of esters is 3. The number of ether oxygens (including phenoxy) is 3. The van der Waals surface area contributed by atoms with Gasteiger partial charge in [0, 0.05) is 19.3 Å². The lowest BCUT2D eigenvalue weighted by molar-refractivity contribution is -0.167. The molecule has 0 bridgehead atoms. The molecule has 0 aromatic rings. The van der Waals surface area contributed by atoms with Gasteiger partial charge < -0.3 is 14.2 Å². The van der Waals surface area contributed by atoms with E-state index in [-0.39, 0.29) is 31.1 Å². The predicted molar refractivity (Wildman–Crippen MR) is 343 cm³/mol. The second-order valence-electron chi connectivity index (χ2n) is 22.0. The Hall–Kier alpha value is -3.93. The van der Waals surface area contributed by atoms with Gasteiger partial charge in [-0.1, -0.05) is 304 Å². The van der Waals surface area contributed by atoms with Crippen molar-refractivity contribution in [2.75, 3.05) is 13.2 Å². The summed E-state index contributed by atoms with van der Waals surface area (Å²) >= 11 is 0. The lowest BCUT2D eigenvalue weighted by Crippen LogP contribution is -2.30. The van der Waals surface area contributed by atoms with E-state index < -0.39 is 6.10 Å². The van der Waals surface area contributed by atoms with Gasteiger partial charge in [-0.25, -0.2) is 0 Å². The first-order valence-electron chi connectivity index (χ1n) is 33.4. The first-order valence-corrected chi connectivity index (χ1v) is 33.4. The van der Waals surface area contributed by atoms with E-state index in [2.05, 4.69) is 130 Å². The van der Waals surface area contributed by atoms with Crippen molar-refractivity contribution in [3.63, 3.8) is 0 Å². The molecular weight excluding hydrogens is 973 g/mol. The van der Waals surface area contributed by atoms with E-state index in [1.165, 1.54) is 141 Å². The smallest absolute Gasteiger partial charge is 0.306 e. The average Bonchev–Trinajstić information content (AvgIpc) is 3.45. The zero-order valence-electron chi connectivity index (χ0n) is 51.9. The Kier molecular flexibility index (Phi) is 63.3. The summed E-state index contributed by atoms with van der Waals surface area (Å²) in [5.74, 6) is -0.889. The van der Waals surface area contributed by atoms with Crippen molar-refractivity contribution in [2.24, 2.45) is 0 Å². The molecule has 0 aliphatic carbocycles. The number of rotatable bonds is 60. The third-order valence-electron chi connectivity index (χ3n) is 14.3. The third kappa shape index (κ3) is 64.8. The summed E-state index contributed by atoms with van der Waals surface area (Å²) < 4.78 is 16.9. The molecule has 0 amide bonds. The molecule has 0 N–H and O–H groups in total. The summed E-state index contributed by atoms with van der Waals surface area (Å²) in [6, 6.07) is 0. The maximum atomic E-state index is 12.9. The monoisotopic (exact) mass is 1100 g/mol. The third-order valence-corrected chi connectivity index (χ3v) is 14.3. The summed E-state index contributed by atoms with van der Waals surface area (Å²) in [6.07, 6.45) is 91.2. The molecule has 0 saturated heterocycles. The summed E-state index contributed by atoms with van der Waals surface area (Å²) in [7, 11) is 0. The number of hydrogen-bond acceptors (Lipinski definition) is 6. The van der Waals surface area contributed by atoms with E-state index in [0.29, 0.717) is 19.3 Å². The lowest BCUT2D eigenvalue weighted by atomic mass is 10.0. The molecule has 6 heteroatoms. The van der Waals surface area contributed by atoms with Crippen LogP contribution in [0.25, 0.3) is 0 Å². The Morgan fingerprint density at radius 1 is 0.266 bits per heavy atom. The molecule has 0 fully saturated rings. The molecule has 79 heavy (non-hydrogen) atoms. The quantitative estimate of drug-likeness (QED) is 0.0261. The molecule has 0 spiro atoms. The van der Waals surface area contributed by atoms with Gasteiger partial charge in [-0.05, 0) is 103 Å². The summed E-state index contributed by atoms with van der Waals surface area (Å²) in [6.45, 7) is 6.41. The highest BCUT2D eigenvalue weighted by molar-refractivity contribution is 5.71. The van der Waals surface area contributed by atoms with Crippen LogP contribution in [0.3, 0.4) is 0 Å². The van der Waals surface area contributed by atoms with E-state index in [0.717, 1.165) is 135 Å². The van der Waals surface area contributed by atoms with Crippen LogP contribution in [-0.2, 0) is 28.6 Å². The molecule has 0 aliphatic rings. The molecule has 0 radical (unpaired) electrons. The summed E-state index contributed by atoms with van der Waals surface area (Å²) in [5, 5.41) is 0. The Bertz CT molecular complexity index is 1590.